The average molecular weight is 317 g/mol. The van der Waals surface area contributed by atoms with E-state index in [4.69, 9.17) is 4.98 Å². The van der Waals surface area contributed by atoms with E-state index in [0.29, 0.717) is 22.7 Å². The molecule has 2 heterocycles. The number of imidazole rings is 1. The molecule has 0 saturated carbocycles. The van der Waals surface area contributed by atoms with E-state index in [9.17, 15) is 10.2 Å². The Bertz CT molecular complexity index is 1020. The van der Waals surface area contributed by atoms with Crippen molar-refractivity contribution in [1.29, 1.82) is 0 Å². The highest BCUT2D eigenvalue weighted by Crippen LogP contribution is 2.30. The molecule has 0 amide bonds. The first-order valence-corrected chi connectivity index (χ1v) is 7.57. The number of aromatic nitrogens is 3. The van der Waals surface area contributed by atoms with Crippen LogP contribution in [-0.2, 0) is 0 Å². The highest BCUT2D eigenvalue weighted by molar-refractivity contribution is 5.77. The summed E-state index contributed by atoms with van der Waals surface area (Å²) in [6, 6.07) is 16.6. The number of phenolic OH excluding ortho intramolecular Hbond substituents is 1. The summed E-state index contributed by atoms with van der Waals surface area (Å²) >= 11 is 0. The van der Waals surface area contributed by atoms with E-state index < -0.39 is 0 Å². The van der Waals surface area contributed by atoms with Gasteiger partial charge in [0.15, 0.2) is 5.65 Å². The van der Waals surface area contributed by atoms with Crippen LogP contribution in [-0.4, -0.2) is 24.6 Å². The third-order valence-electron chi connectivity index (χ3n) is 3.96. The Labute approximate surface area is 138 Å². The van der Waals surface area contributed by atoms with Crippen LogP contribution in [0.25, 0.3) is 28.2 Å². The van der Waals surface area contributed by atoms with E-state index in [1.807, 2.05) is 30.3 Å². The van der Waals surface area contributed by atoms with Gasteiger partial charge >= 0.3 is 0 Å². The number of fused-ring (bicyclic) bond motifs is 1. The summed E-state index contributed by atoms with van der Waals surface area (Å²) in [7, 11) is 0. The Balaban J connectivity index is 2.03. The topological polar surface area (TPSA) is 70.7 Å². The number of aryl methyl sites for hydroxylation is 1. The summed E-state index contributed by atoms with van der Waals surface area (Å²) in [4.78, 5) is 9.20. The smallest absolute Gasteiger partial charge is 0.219 e. The fourth-order valence-electron chi connectivity index (χ4n) is 2.71. The second-order valence-corrected chi connectivity index (χ2v) is 5.60. The van der Waals surface area contributed by atoms with Gasteiger partial charge in [-0.15, -0.1) is 0 Å². The quantitative estimate of drug-likeness (QED) is 0.590. The minimum absolute atomic E-state index is 0.101. The van der Waals surface area contributed by atoms with Gasteiger partial charge in [-0.05, 0) is 31.2 Å². The van der Waals surface area contributed by atoms with E-state index in [1.54, 1.807) is 41.8 Å². The monoisotopic (exact) mass is 317 g/mol. The molecule has 2 aromatic heterocycles. The summed E-state index contributed by atoms with van der Waals surface area (Å²) in [5, 5.41) is 19.8. The van der Waals surface area contributed by atoms with Gasteiger partial charge in [-0.1, -0.05) is 30.3 Å². The number of benzene rings is 2. The second-order valence-electron chi connectivity index (χ2n) is 5.60. The van der Waals surface area contributed by atoms with Crippen molar-refractivity contribution >= 4 is 5.65 Å². The molecule has 4 aromatic rings. The molecule has 0 unspecified atom stereocenters. The molecule has 0 saturated heterocycles. The molecular formula is C19H15N3O2. The third kappa shape index (κ3) is 2.27. The lowest BCUT2D eigenvalue weighted by atomic mass is 10.1. The van der Waals surface area contributed by atoms with E-state index in [1.165, 1.54) is 0 Å². The van der Waals surface area contributed by atoms with Crippen LogP contribution in [0.15, 0.2) is 60.8 Å². The zero-order valence-corrected chi connectivity index (χ0v) is 13.0. The van der Waals surface area contributed by atoms with Crippen LogP contribution in [0.3, 0.4) is 0 Å². The molecule has 4 rings (SSSR count). The predicted molar refractivity (Wildman–Crippen MR) is 91.9 cm³/mol. The molecule has 118 valence electrons. The maximum Gasteiger partial charge on any atom is 0.219 e. The lowest BCUT2D eigenvalue weighted by Crippen LogP contribution is -1.96. The number of rotatable bonds is 2. The summed E-state index contributed by atoms with van der Waals surface area (Å²) in [6.07, 6.45) is 1.75. The fourth-order valence-corrected chi connectivity index (χ4v) is 2.71. The highest BCUT2D eigenvalue weighted by atomic mass is 16.3. The lowest BCUT2D eigenvalue weighted by Gasteiger charge is -2.08. The van der Waals surface area contributed by atoms with Crippen LogP contribution in [0, 0.1) is 6.92 Å². The van der Waals surface area contributed by atoms with Crippen LogP contribution >= 0.6 is 0 Å². The van der Waals surface area contributed by atoms with Gasteiger partial charge in [0.25, 0.3) is 0 Å². The average Bonchev–Trinajstić information content (AvgIpc) is 2.90. The molecule has 24 heavy (non-hydrogen) atoms. The first kappa shape index (κ1) is 14.3. The molecule has 0 aliphatic heterocycles. The Morgan fingerprint density at radius 3 is 2.25 bits per heavy atom. The maximum absolute atomic E-state index is 10.3. The number of aromatic hydroxyl groups is 2. The maximum atomic E-state index is 10.3. The van der Waals surface area contributed by atoms with Crippen LogP contribution in [0.1, 0.15) is 5.69 Å². The Kier molecular flexibility index (Phi) is 3.20. The van der Waals surface area contributed by atoms with Crippen molar-refractivity contribution in [3.8, 4) is 34.1 Å². The van der Waals surface area contributed by atoms with Gasteiger partial charge in [0.2, 0.25) is 5.88 Å². The first-order valence-electron chi connectivity index (χ1n) is 7.57. The molecule has 0 radical (unpaired) electrons. The van der Waals surface area contributed by atoms with Crippen molar-refractivity contribution in [3.63, 3.8) is 0 Å². The number of nitrogens with zero attached hydrogens (tertiary/aromatic N) is 3. The van der Waals surface area contributed by atoms with E-state index >= 15 is 0 Å². The Hall–Kier alpha value is -3.34. The zero-order valence-electron chi connectivity index (χ0n) is 13.0. The summed E-state index contributed by atoms with van der Waals surface area (Å²) < 4.78 is 1.65. The van der Waals surface area contributed by atoms with Crippen molar-refractivity contribution in [3.05, 3.63) is 66.5 Å². The van der Waals surface area contributed by atoms with Gasteiger partial charge in [0.1, 0.15) is 17.1 Å². The number of hydrogen-bond donors (Lipinski definition) is 2. The summed E-state index contributed by atoms with van der Waals surface area (Å²) in [6.45, 7) is 1.76. The van der Waals surface area contributed by atoms with Gasteiger partial charge in [-0.2, -0.15) is 0 Å². The largest absolute Gasteiger partial charge is 0.508 e. The molecule has 5 nitrogen and oxygen atoms in total. The van der Waals surface area contributed by atoms with Crippen molar-refractivity contribution in [1.82, 2.24) is 14.4 Å². The van der Waals surface area contributed by atoms with Gasteiger partial charge in [-0.25, -0.2) is 9.97 Å². The second kappa shape index (κ2) is 5.38. The lowest BCUT2D eigenvalue weighted by molar-refractivity contribution is 0.444. The zero-order chi connectivity index (χ0) is 16.7. The molecule has 0 atom stereocenters. The van der Waals surface area contributed by atoms with Crippen LogP contribution in [0.5, 0.6) is 11.6 Å². The van der Waals surface area contributed by atoms with Crippen LogP contribution in [0.2, 0.25) is 0 Å². The van der Waals surface area contributed by atoms with E-state index in [-0.39, 0.29) is 11.6 Å². The highest BCUT2D eigenvalue weighted by Gasteiger charge is 2.16. The van der Waals surface area contributed by atoms with Gasteiger partial charge in [0, 0.05) is 17.3 Å². The molecule has 0 fully saturated rings. The molecule has 0 aliphatic rings. The molecule has 0 spiro atoms. The molecule has 0 bridgehead atoms. The molecule has 0 aliphatic carbocycles. The minimum atomic E-state index is 0.101. The van der Waals surface area contributed by atoms with E-state index in [2.05, 4.69) is 4.98 Å². The van der Waals surface area contributed by atoms with Gasteiger partial charge < -0.3 is 10.2 Å². The van der Waals surface area contributed by atoms with Gasteiger partial charge in [-0.3, -0.25) is 4.40 Å². The predicted octanol–water partition coefficient (Wildman–Crippen LogP) is 3.78. The Morgan fingerprint density at radius 1 is 0.833 bits per heavy atom. The summed E-state index contributed by atoms with van der Waals surface area (Å²) in [5.74, 6) is 0.300. The normalized spacial score (nSPS) is 11.0. The van der Waals surface area contributed by atoms with E-state index in [0.717, 1.165) is 11.1 Å². The first-order chi connectivity index (χ1) is 11.6. The standard InChI is InChI=1S/C19H15N3O2/c1-12-19(24)22-11-16(13-7-9-15(23)10-8-13)21-17(18(22)20-12)14-5-3-2-4-6-14/h2-11,23-24H,1H3. The van der Waals surface area contributed by atoms with Crippen LogP contribution in [0.4, 0.5) is 0 Å². The third-order valence-corrected chi connectivity index (χ3v) is 3.96. The molecule has 5 heteroatoms. The molecule has 2 aromatic carbocycles. The van der Waals surface area contributed by atoms with Crippen molar-refractivity contribution in [2.24, 2.45) is 0 Å². The Morgan fingerprint density at radius 2 is 1.54 bits per heavy atom. The van der Waals surface area contributed by atoms with Crippen molar-refractivity contribution in [2.45, 2.75) is 6.92 Å². The number of hydrogen-bond acceptors (Lipinski definition) is 4. The molecule has 2 N–H and O–H groups in total. The van der Waals surface area contributed by atoms with Crippen molar-refractivity contribution in [2.75, 3.05) is 0 Å². The van der Waals surface area contributed by atoms with Gasteiger partial charge in [0.05, 0.1) is 5.69 Å². The SMILES string of the molecule is Cc1nc2c(-c3ccccc3)nc(-c3ccc(O)cc3)cn2c1O. The summed E-state index contributed by atoms with van der Waals surface area (Å²) in [5.41, 5.74) is 4.32. The van der Waals surface area contributed by atoms with Crippen LogP contribution < -0.4 is 0 Å². The fraction of sp³-hybridized carbons (Fsp3) is 0.0526. The van der Waals surface area contributed by atoms with Crippen molar-refractivity contribution < 1.29 is 10.2 Å². The molecular weight excluding hydrogens is 302 g/mol. The minimum Gasteiger partial charge on any atom is -0.508 e. The number of phenols is 1.